The van der Waals surface area contributed by atoms with Crippen molar-refractivity contribution in [2.24, 2.45) is 4.99 Å². The number of aliphatic imine (C=N–C) groups is 1. The minimum absolute atomic E-state index is 0.0632. The van der Waals surface area contributed by atoms with Crippen LogP contribution in [0, 0.1) is 0 Å². The lowest BCUT2D eigenvalue weighted by atomic mass is 10.0. The van der Waals surface area contributed by atoms with Gasteiger partial charge in [-0.15, -0.1) is 11.3 Å². The van der Waals surface area contributed by atoms with Crippen LogP contribution in [0.1, 0.15) is 30.7 Å². The summed E-state index contributed by atoms with van der Waals surface area (Å²) in [6, 6.07) is 4.62. The van der Waals surface area contributed by atoms with Gasteiger partial charge in [-0.2, -0.15) is 0 Å². The summed E-state index contributed by atoms with van der Waals surface area (Å²) in [6.45, 7) is 4.64. The largest absolute Gasteiger partial charge is 0.373 e. The van der Waals surface area contributed by atoms with E-state index in [4.69, 9.17) is 4.74 Å². The predicted molar refractivity (Wildman–Crippen MR) is 93.7 cm³/mol. The molecule has 0 aliphatic carbocycles. The molecule has 124 valence electrons. The smallest absolute Gasteiger partial charge is 0.191 e. The first-order valence-electron chi connectivity index (χ1n) is 7.82. The second-order valence-corrected chi connectivity index (χ2v) is 7.18. The summed E-state index contributed by atoms with van der Waals surface area (Å²) in [4.78, 5) is 7.91. The zero-order valence-electron chi connectivity index (χ0n) is 14.1. The van der Waals surface area contributed by atoms with E-state index in [0.717, 1.165) is 38.5 Å². The van der Waals surface area contributed by atoms with E-state index in [2.05, 4.69) is 59.1 Å². The fourth-order valence-corrected chi connectivity index (χ4v) is 3.60. The lowest BCUT2D eigenvalue weighted by molar-refractivity contribution is 0.0242. The number of hydrogen-bond acceptors (Lipinski definition) is 4. The molecule has 2 unspecified atom stereocenters. The molecule has 2 atom stereocenters. The predicted octanol–water partition coefficient (Wildman–Crippen LogP) is 2.08. The standard InChI is InChI=1S/C16H28N4OS/c1-16(8-6-9-21-16)12-19-15(17-2)18-11-13(20(3)4)14-7-5-10-22-14/h5,7,10,13H,6,8-9,11-12H2,1-4H3,(H2,17,18,19). The SMILES string of the molecule is CN=C(NCC(c1cccs1)N(C)C)NCC1(C)CCCO1. The molecule has 22 heavy (non-hydrogen) atoms. The van der Waals surface area contributed by atoms with Crippen molar-refractivity contribution in [3.8, 4) is 0 Å². The first kappa shape index (κ1) is 17.2. The van der Waals surface area contributed by atoms with Gasteiger partial charge in [0.05, 0.1) is 11.6 Å². The van der Waals surface area contributed by atoms with Crippen molar-refractivity contribution < 1.29 is 4.74 Å². The molecular formula is C16H28N4OS. The van der Waals surface area contributed by atoms with Gasteiger partial charge in [0, 0.05) is 31.6 Å². The van der Waals surface area contributed by atoms with Gasteiger partial charge in [0.1, 0.15) is 0 Å². The molecule has 0 amide bonds. The van der Waals surface area contributed by atoms with Gasteiger partial charge in [-0.3, -0.25) is 4.99 Å². The number of guanidine groups is 1. The van der Waals surface area contributed by atoms with E-state index in [-0.39, 0.29) is 5.60 Å². The highest BCUT2D eigenvalue weighted by molar-refractivity contribution is 7.10. The van der Waals surface area contributed by atoms with Crippen molar-refractivity contribution in [3.63, 3.8) is 0 Å². The average molecular weight is 324 g/mol. The van der Waals surface area contributed by atoms with Gasteiger partial charge in [0.2, 0.25) is 0 Å². The van der Waals surface area contributed by atoms with Crippen LogP contribution in [0.25, 0.3) is 0 Å². The maximum absolute atomic E-state index is 5.81. The molecule has 2 heterocycles. The fourth-order valence-electron chi connectivity index (χ4n) is 2.68. The van der Waals surface area contributed by atoms with E-state index in [1.54, 1.807) is 11.3 Å². The molecule has 0 bridgehead atoms. The zero-order valence-corrected chi connectivity index (χ0v) is 14.9. The zero-order chi connectivity index (χ0) is 16.0. The summed E-state index contributed by atoms with van der Waals surface area (Å²) in [5.41, 5.74) is -0.0632. The molecule has 2 rings (SSSR count). The highest BCUT2D eigenvalue weighted by Crippen LogP contribution is 2.24. The summed E-state index contributed by atoms with van der Waals surface area (Å²) in [7, 11) is 6.02. The minimum Gasteiger partial charge on any atom is -0.373 e. The fraction of sp³-hybridized carbons (Fsp3) is 0.688. The summed E-state index contributed by atoms with van der Waals surface area (Å²) in [5, 5.41) is 8.94. The molecule has 1 fully saturated rings. The molecule has 5 nitrogen and oxygen atoms in total. The molecule has 0 radical (unpaired) electrons. The Bertz CT molecular complexity index is 467. The molecular weight excluding hydrogens is 296 g/mol. The maximum Gasteiger partial charge on any atom is 0.191 e. The molecule has 1 aromatic rings. The molecule has 0 saturated carbocycles. The van der Waals surface area contributed by atoms with Crippen LogP contribution in [-0.2, 0) is 4.74 Å². The Balaban J connectivity index is 1.84. The van der Waals surface area contributed by atoms with Gasteiger partial charge >= 0.3 is 0 Å². The number of hydrogen-bond donors (Lipinski definition) is 2. The average Bonchev–Trinajstić information content (AvgIpc) is 3.14. The summed E-state index contributed by atoms with van der Waals surface area (Å²) in [5.74, 6) is 0.833. The first-order valence-corrected chi connectivity index (χ1v) is 8.70. The monoisotopic (exact) mass is 324 g/mol. The van der Waals surface area contributed by atoms with Crippen molar-refractivity contribution in [2.75, 3.05) is 40.8 Å². The lowest BCUT2D eigenvalue weighted by Gasteiger charge is -2.27. The number of nitrogens with one attached hydrogen (secondary N) is 2. The Hall–Kier alpha value is -1.11. The number of nitrogens with zero attached hydrogens (tertiary/aromatic N) is 2. The molecule has 1 aliphatic rings. The molecule has 1 aliphatic heterocycles. The number of ether oxygens (including phenoxy) is 1. The maximum atomic E-state index is 5.81. The summed E-state index contributed by atoms with van der Waals surface area (Å²) >= 11 is 1.79. The van der Waals surface area contributed by atoms with Crippen LogP contribution >= 0.6 is 11.3 Å². The van der Waals surface area contributed by atoms with Crippen LogP contribution in [0.15, 0.2) is 22.5 Å². The number of thiophene rings is 1. The third kappa shape index (κ3) is 4.69. The van der Waals surface area contributed by atoms with Crippen molar-refractivity contribution in [3.05, 3.63) is 22.4 Å². The minimum atomic E-state index is -0.0632. The Kier molecular flexibility index (Phi) is 6.23. The highest BCUT2D eigenvalue weighted by Gasteiger charge is 2.29. The molecule has 0 aromatic carbocycles. The van der Waals surface area contributed by atoms with Crippen LogP contribution in [-0.4, -0.2) is 57.3 Å². The molecule has 1 aromatic heterocycles. The van der Waals surface area contributed by atoms with E-state index in [9.17, 15) is 0 Å². The van der Waals surface area contributed by atoms with E-state index in [1.165, 1.54) is 4.88 Å². The van der Waals surface area contributed by atoms with Gasteiger partial charge in [0.25, 0.3) is 0 Å². The summed E-state index contributed by atoms with van der Waals surface area (Å²) < 4.78 is 5.81. The first-order chi connectivity index (χ1) is 10.5. The van der Waals surface area contributed by atoms with Crippen molar-refractivity contribution >= 4 is 17.3 Å². The van der Waals surface area contributed by atoms with Crippen LogP contribution in [0.2, 0.25) is 0 Å². The second kappa shape index (κ2) is 7.94. The Morgan fingerprint density at radius 3 is 2.86 bits per heavy atom. The van der Waals surface area contributed by atoms with Crippen LogP contribution in [0.5, 0.6) is 0 Å². The van der Waals surface area contributed by atoms with E-state index in [1.807, 2.05) is 7.05 Å². The van der Waals surface area contributed by atoms with Crippen LogP contribution in [0.3, 0.4) is 0 Å². The van der Waals surface area contributed by atoms with Gasteiger partial charge in [-0.05, 0) is 45.3 Å². The third-order valence-corrected chi connectivity index (χ3v) is 5.09. The Morgan fingerprint density at radius 1 is 1.50 bits per heavy atom. The third-order valence-electron chi connectivity index (χ3n) is 4.11. The Morgan fingerprint density at radius 2 is 2.32 bits per heavy atom. The normalized spacial score (nSPS) is 23.8. The number of rotatable bonds is 6. The molecule has 0 spiro atoms. The van der Waals surface area contributed by atoms with Crippen molar-refractivity contribution in [1.29, 1.82) is 0 Å². The van der Waals surface area contributed by atoms with Gasteiger partial charge in [0.15, 0.2) is 5.96 Å². The van der Waals surface area contributed by atoms with Gasteiger partial charge in [-0.1, -0.05) is 6.07 Å². The van der Waals surface area contributed by atoms with E-state index >= 15 is 0 Å². The highest BCUT2D eigenvalue weighted by atomic mass is 32.1. The van der Waals surface area contributed by atoms with Crippen LogP contribution < -0.4 is 10.6 Å². The molecule has 1 saturated heterocycles. The summed E-state index contributed by atoms with van der Waals surface area (Å²) in [6.07, 6.45) is 2.25. The van der Waals surface area contributed by atoms with E-state index in [0.29, 0.717) is 6.04 Å². The van der Waals surface area contributed by atoms with Crippen LogP contribution in [0.4, 0.5) is 0 Å². The molecule has 2 N–H and O–H groups in total. The molecule has 6 heteroatoms. The topological polar surface area (TPSA) is 48.9 Å². The lowest BCUT2D eigenvalue weighted by Crippen LogP contribution is -2.47. The Labute approximate surface area is 137 Å². The quantitative estimate of drug-likeness (QED) is 0.621. The van der Waals surface area contributed by atoms with Gasteiger partial charge < -0.3 is 20.3 Å². The van der Waals surface area contributed by atoms with Crippen molar-refractivity contribution in [1.82, 2.24) is 15.5 Å². The van der Waals surface area contributed by atoms with E-state index < -0.39 is 0 Å². The second-order valence-electron chi connectivity index (χ2n) is 6.20. The van der Waals surface area contributed by atoms with Gasteiger partial charge in [-0.25, -0.2) is 0 Å². The number of likely N-dealkylation sites (N-methyl/N-ethyl adjacent to an activating group) is 1. The van der Waals surface area contributed by atoms with Crippen molar-refractivity contribution in [2.45, 2.75) is 31.4 Å².